The molecule has 2 aromatic heterocycles. The topological polar surface area (TPSA) is 87.0 Å². The van der Waals surface area contributed by atoms with Gasteiger partial charge in [-0.2, -0.15) is 18.3 Å². The lowest BCUT2D eigenvalue weighted by Gasteiger charge is -2.19. The normalized spacial score (nSPS) is 14.4. The van der Waals surface area contributed by atoms with Crippen molar-refractivity contribution in [2.45, 2.75) is 12.5 Å². The van der Waals surface area contributed by atoms with Gasteiger partial charge in [-0.3, -0.25) is 10.3 Å². The van der Waals surface area contributed by atoms with Gasteiger partial charge in [0.1, 0.15) is 11.6 Å². The molecule has 0 spiro atoms. The largest absolute Gasteiger partial charge is 0.401 e. The Bertz CT molecular complexity index is 1090. The summed E-state index contributed by atoms with van der Waals surface area (Å²) < 4.78 is 51.6. The van der Waals surface area contributed by atoms with Gasteiger partial charge in [-0.15, -0.1) is 0 Å². The lowest BCUT2D eigenvalue weighted by molar-refractivity contribution is -0.130. The lowest BCUT2D eigenvalue weighted by Crippen LogP contribution is -2.41. The monoisotopic (exact) mass is 434 g/mol. The van der Waals surface area contributed by atoms with E-state index in [1.807, 2.05) is 11.5 Å². The predicted octanol–water partition coefficient (Wildman–Crippen LogP) is 3.35. The van der Waals surface area contributed by atoms with Gasteiger partial charge < -0.3 is 15.7 Å². The van der Waals surface area contributed by atoms with Crippen LogP contribution < -0.4 is 16.0 Å². The molecule has 7 nitrogen and oxygen atoms in total. The van der Waals surface area contributed by atoms with Crippen LogP contribution in [0.3, 0.4) is 0 Å². The highest BCUT2D eigenvalue weighted by Gasteiger charge is 2.27. The molecule has 0 saturated carbocycles. The molecule has 0 bridgehead atoms. The molecule has 1 aromatic carbocycles. The summed E-state index contributed by atoms with van der Waals surface area (Å²) in [5.41, 5.74) is 3.35. The number of nitrogens with zero attached hydrogens (tertiary/aromatic N) is 3. The van der Waals surface area contributed by atoms with E-state index >= 15 is 0 Å². The summed E-state index contributed by atoms with van der Waals surface area (Å²) in [4.78, 5) is 4.29. The van der Waals surface area contributed by atoms with Gasteiger partial charge in [0, 0.05) is 24.6 Å². The summed E-state index contributed by atoms with van der Waals surface area (Å²) in [5, 5.41) is 21.8. The Balaban J connectivity index is 1.52. The van der Waals surface area contributed by atoms with Crippen molar-refractivity contribution in [1.29, 1.82) is 0 Å². The first-order chi connectivity index (χ1) is 14.8. The summed E-state index contributed by atoms with van der Waals surface area (Å²) in [6.45, 7) is -0.842. The Morgan fingerprint density at radius 3 is 2.71 bits per heavy atom. The molecule has 0 fully saturated rings. The van der Waals surface area contributed by atoms with Crippen LogP contribution in [0.25, 0.3) is 23.0 Å². The highest BCUT2D eigenvalue weighted by atomic mass is 19.4. The van der Waals surface area contributed by atoms with Crippen LogP contribution in [0, 0.1) is 5.82 Å². The molecule has 1 unspecified atom stereocenters. The van der Waals surface area contributed by atoms with Crippen LogP contribution in [-0.2, 0) is 0 Å². The van der Waals surface area contributed by atoms with Crippen LogP contribution in [0.5, 0.6) is 0 Å². The number of aromatic nitrogens is 3. The van der Waals surface area contributed by atoms with Crippen molar-refractivity contribution in [2.24, 2.45) is 0 Å². The first-order valence-electron chi connectivity index (χ1n) is 9.28. The molecule has 11 heteroatoms. The average molecular weight is 434 g/mol. The molecule has 4 rings (SSSR count). The Hall–Kier alpha value is -3.44. The molecule has 0 radical (unpaired) electrons. The molecular weight excluding hydrogens is 416 g/mol. The summed E-state index contributed by atoms with van der Waals surface area (Å²) in [6, 6.07) is 9.27. The first kappa shape index (κ1) is 20.8. The smallest absolute Gasteiger partial charge is 0.365 e. The van der Waals surface area contributed by atoms with E-state index in [2.05, 4.69) is 20.7 Å². The van der Waals surface area contributed by atoms with E-state index in [1.165, 1.54) is 24.4 Å². The van der Waals surface area contributed by atoms with Gasteiger partial charge >= 0.3 is 6.18 Å². The number of hydrogen-bond donors (Lipinski definition) is 4. The number of anilines is 2. The minimum Gasteiger partial charge on any atom is -0.365 e. The second-order valence-corrected chi connectivity index (χ2v) is 6.84. The van der Waals surface area contributed by atoms with Crippen molar-refractivity contribution in [3.05, 3.63) is 60.2 Å². The highest BCUT2D eigenvalue weighted by Crippen LogP contribution is 2.32. The SMILES string of the molecule is OC(NCC(F)(F)F)Nc1ccnc(-c2cnn3c2NCC(c2ccc(F)cc2)=C3)c1. The van der Waals surface area contributed by atoms with E-state index in [4.69, 9.17) is 0 Å². The number of fused-ring (bicyclic) bond motifs is 1. The molecule has 0 aliphatic carbocycles. The standard InChI is InChI=1S/C20H18F4N6O/c21-14-3-1-12(2-4-14)13-8-26-18-16(9-28-30(18)10-13)17-7-15(5-6-25-17)29-19(31)27-11-20(22,23)24/h1-7,9-10,19,26-27,31H,8,11H2,(H,25,29). The maximum Gasteiger partial charge on any atom is 0.401 e. The fraction of sp³-hybridized carbons (Fsp3) is 0.200. The third-order valence-corrected chi connectivity index (χ3v) is 4.57. The maximum absolute atomic E-state index is 13.2. The molecule has 1 aliphatic rings. The van der Waals surface area contributed by atoms with Crippen LogP contribution in [0.1, 0.15) is 5.56 Å². The van der Waals surface area contributed by atoms with Gasteiger partial charge in [0.15, 0.2) is 6.35 Å². The molecule has 31 heavy (non-hydrogen) atoms. The van der Waals surface area contributed by atoms with Crippen LogP contribution in [0.4, 0.5) is 29.1 Å². The molecule has 4 N–H and O–H groups in total. The van der Waals surface area contributed by atoms with Crippen molar-refractivity contribution in [1.82, 2.24) is 20.1 Å². The van der Waals surface area contributed by atoms with Crippen molar-refractivity contribution in [3.8, 4) is 11.3 Å². The highest BCUT2D eigenvalue weighted by molar-refractivity contribution is 5.86. The molecule has 0 saturated heterocycles. The van der Waals surface area contributed by atoms with Crippen molar-refractivity contribution in [2.75, 3.05) is 23.7 Å². The van der Waals surface area contributed by atoms with E-state index in [-0.39, 0.29) is 5.82 Å². The van der Waals surface area contributed by atoms with Crippen LogP contribution >= 0.6 is 0 Å². The van der Waals surface area contributed by atoms with Crippen molar-refractivity contribution < 1.29 is 22.7 Å². The Morgan fingerprint density at radius 2 is 1.97 bits per heavy atom. The minimum atomic E-state index is -4.44. The summed E-state index contributed by atoms with van der Waals surface area (Å²) in [5.74, 6) is 0.375. The van der Waals surface area contributed by atoms with Gasteiger partial charge in [0.2, 0.25) is 0 Å². The van der Waals surface area contributed by atoms with Gasteiger partial charge in [0.25, 0.3) is 0 Å². The minimum absolute atomic E-state index is 0.312. The zero-order valence-corrected chi connectivity index (χ0v) is 16.0. The van der Waals surface area contributed by atoms with Crippen LogP contribution in [0.15, 0.2) is 48.8 Å². The summed E-state index contributed by atoms with van der Waals surface area (Å²) >= 11 is 0. The number of aliphatic hydroxyl groups is 1. The fourth-order valence-corrected chi connectivity index (χ4v) is 3.13. The summed E-state index contributed by atoms with van der Waals surface area (Å²) in [7, 11) is 0. The van der Waals surface area contributed by atoms with Crippen LogP contribution in [-0.4, -0.2) is 45.5 Å². The number of rotatable bonds is 6. The number of benzene rings is 1. The number of halogens is 4. The maximum atomic E-state index is 13.2. The third-order valence-electron chi connectivity index (χ3n) is 4.57. The molecule has 3 heterocycles. The quantitative estimate of drug-likeness (QED) is 0.352. The molecule has 1 aliphatic heterocycles. The zero-order chi connectivity index (χ0) is 22.0. The van der Waals surface area contributed by atoms with Gasteiger partial charge in [-0.05, 0) is 35.4 Å². The van der Waals surface area contributed by atoms with Gasteiger partial charge in [-0.1, -0.05) is 12.1 Å². The first-order valence-corrected chi connectivity index (χ1v) is 9.28. The van der Waals surface area contributed by atoms with Gasteiger partial charge in [-0.25, -0.2) is 9.07 Å². The summed E-state index contributed by atoms with van der Waals surface area (Å²) in [6.07, 6.45) is -1.11. The average Bonchev–Trinajstić information content (AvgIpc) is 3.16. The van der Waals surface area contributed by atoms with Crippen LogP contribution in [0.2, 0.25) is 0 Å². The zero-order valence-electron chi connectivity index (χ0n) is 16.0. The van der Waals surface area contributed by atoms with Crippen molar-refractivity contribution >= 4 is 23.3 Å². The number of hydrogen-bond acceptors (Lipinski definition) is 6. The number of nitrogens with one attached hydrogen (secondary N) is 3. The fourth-order valence-electron chi connectivity index (χ4n) is 3.13. The van der Waals surface area contributed by atoms with E-state index in [9.17, 15) is 22.7 Å². The van der Waals surface area contributed by atoms with E-state index in [1.54, 1.807) is 29.1 Å². The Labute approximate surface area is 174 Å². The second-order valence-electron chi connectivity index (χ2n) is 6.84. The van der Waals surface area contributed by atoms with E-state index in [0.717, 1.165) is 11.1 Å². The van der Waals surface area contributed by atoms with E-state index < -0.39 is 19.1 Å². The van der Waals surface area contributed by atoms with Gasteiger partial charge in [0.05, 0.1) is 24.0 Å². The number of aliphatic hydroxyl groups excluding tert-OH is 1. The lowest BCUT2D eigenvalue weighted by atomic mass is 10.1. The molecule has 0 amide bonds. The number of pyridine rings is 1. The number of alkyl halides is 3. The Kier molecular flexibility index (Phi) is 5.61. The molecule has 162 valence electrons. The third kappa shape index (κ3) is 5.01. The molecular formula is C20H18F4N6O. The molecule has 1 atom stereocenters. The van der Waals surface area contributed by atoms with E-state index in [0.29, 0.717) is 29.3 Å². The molecule has 3 aromatic rings. The second kappa shape index (κ2) is 8.36. The predicted molar refractivity (Wildman–Crippen MR) is 108 cm³/mol. The Morgan fingerprint density at radius 1 is 1.19 bits per heavy atom. The van der Waals surface area contributed by atoms with Crippen molar-refractivity contribution in [3.63, 3.8) is 0 Å².